The van der Waals surface area contributed by atoms with Gasteiger partial charge in [-0.3, -0.25) is 9.88 Å². The molecule has 1 fully saturated rings. The van der Waals surface area contributed by atoms with Gasteiger partial charge >= 0.3 is 0 Å². The van der Waals surface area contributed by atoms with Crippen LogP contribution in [0.5, 0.6) is 5.75 Å². The van der Waals surface area contributed by atoms with Crippen molar-refractivity contribution in [2.24, 2.45) is 5.92 Å². The molecule has 4 nitrogen and oxygen atoms in total. The maximum Gasteiger partial charge on any atom is 0.123 e. The molecule has 0 bridgehead atoms. The Morgan fingerprint density at radius 3 is 2.47 bits per heavy atom. The van der Waals surface area contributed by atoms with Crippen molar-refractivity contribution >= 4 is 11.6 Å². The average molecular weight is 454 g/mol. The molecule has 4 rings (SSSR count). The van der Waals surface area contributed by atoms with Gasteiger partial charge in [-0.05, 0) is 92.5 Å². The lowest BCUT2D eigenvalue weighted by molar-refractivity contribution is 0.153. The zero-order valence-electron chi connectivity index (χ0n) is 18.1. The molecule has 32 heavy (non-hydrogen) atoms. The van der Waals surface area contributed by atoms with Gasteiger partial charge < -0.3 is 10.1 Å². The molecule has 0 unspecified atom stereocenters. The molecule has 0 aliphatic carbocycles. The highest BCUT2D eigenvalue weighted by molar-refractivity contribution is 6.30. The molecule has 0 saturated carbocycles. The minimum absolute atomic E-state index is 0.0515. The number of hydrogen-bond acceptors (Lipinski definition) is 4. The van der Waals surface area contributed by atoms with Crippen LogP contribution in [0.1, 0.15) is 30.1 Å². The summed E-state index contributed by atoms with van der Waals surface area (Å²) in [7, 11) is 0. The number of likely N-dealkylation sites (tertiary alicyclic amines) is 1. The maximum absolute atomic E-state index is 13.0. The van der Waals surface area contributed by atoms with Crippen molar-refractivity contribution in [2.45, 2.75) is 18.9 Å². The lowest BCUT2D eigenvalue weighted by atomic mass is 9.95. The average Bonchev–Trinajstić information content (AvgIpc) is 2.83. The minimum atomic E-state index is -0.241. The van der Waals surface area contributed by atoms with Crippen LogP contribution in [0.25, 0.3) is 0 Å². The Balaban J connectivity index is 1.24. The summed E-state index contributed by atoms with van der Waals surface area (Å²) in [5.74, 6) is 1.10. The summed E-state index contributed by atoms with van der Waals surface area (Å²) < 4.78 is 18.7. The molecule has 168 valence electrons. The highest BCUT2D eigenvalue weighted by atomic mass is 35.5. The van der Waals surface area contributed by atoms with Crippen LogP contribution < -0.4 is 10.1 Å². The van der Waals surface area contributed by atoms with Gasteiger partial charge in [-0.25, -0.2) is 4.39 Å². The monoisotopic (exact) mass is 453 g/mol. The summed E-state index contributed by atoms with van der Waals surface area (Å²) in [6.45, 7) is 4.58. The first kappa shape index (κ1) is 22.7. The molecule has 1 aliphatic rings. The normalized spacial score (nSPS) is 16.1. The Kier molecular flexibility index (Phi) is 8.10. The highest BCUT2D eigenvalue weighted by Crippen LogP contribution is 2.24. The largest absolute Gasteiger partial charge is 0.492 e. The number of ether oxygens (including phenoxy) is 1. The van der Waals surface area contributed by atoms with Gasteiger partial charge in [-0.15, -0.1) is 0 Å². The third kappa shape index (κ3) is 6.52. The van der Waals surface area contributed by atoms with Crippen LogP contribution in [0, 0.1) is 11.7 Å². The molecular weight excluding hydrogens is 425 g/mol. The second-order valence-electron chi connectivity index (χ2n) is 8.23. The van der Waals surface area contributed by atoms with Crippen molar-refractivity contribution in [2.75, 3.05) is 32.8 Å². The van der Waals surface area contributed by atoms with Crippen LogP contribution in [0.3, 0.4) is 0 Å². The summed E-state index contributed by atoms with van der Waals surface area (Å²) in [5, 5.41) is 4.49. The Bertz CT molecular complexity index is 945. The van der Waals surface area contributed by atoms with E-state index in [4.69, 9.17) is 16.3 Å². The lowest BCUT2D eigenvalue weighted by Gasteiger charge is -2.33. The van der Waals surface area contributed by atoms with E-state index in [0.717, 1.165) is 49.7 Å². The third-order valence-electron chi connectivity index (χ3n) is 5.99. The van der Waals surface area contributed by atoms with Crippen LogP contribution in [0.4, 0.5) is 4.39 Å². The minimum Gasteiger partial charge on any atom is -0.492 e. The van der Waals surface area contributed by atoms with Crippen molar-refractivity contribution in [3.63, 3.8) is 0 Å². The number of rotatable bonds is 9. The second kappa shape index (κ2) is 11.4. The fourth-order valence-corrected chi connectivity index (χ4v) is 4.24. The van der Waals surface area contributed by atoms with Gasteiger partial charge in [0.2, 0.25) is 0 Å². The zero-order chi connectivity index (χ0) is 22.2. The van der Waals surface area contributed by atoms with E-state index in [0.29, 0.717) is 18.3 Å². The zero-order valence-corrected chi connectivity index (χ0v) is 18.8. The van der Waals surface area contributed by atoms with Crippen LogP contribution in [-0.2, 0) is 0 Å². The number of piperidine rings is 1. The number of benzene rings is 2. The molecule has 2 heterocycles. The number of nitrogens with one attached hydrogen (secondary N) is 1. The predicted molar refractivity (Wildman–Crippen MR) is 127 cm³/mol. The Morgan fingerprint density at radius 2 is 1.78 bits per heavy atom. The number of aromatic nitrogens is 1. The Morgan fingerprint density at radius 1 is 1.03 bits per heavy atom. The van der Waals surface area contributed by atoms with E-state index < -0.39 is 0 Å². The molecule has 2 aromatic carbocycles. The third-order valence-corrected chi connectivity index (χ3v) is 6.25. The molecule has 0 spiro atoms. The standard InChI is InChI=1S/C26H29ClFN3O/c27-22-6-4-21(5-7-22)26(25-3-1-2-14-29-25)30-19-20-12-15-31(16-13-20)17-18-32-24-10-8-23(28)9-11-24/h1-11,14,20,26,30H,12-13,15-19H2/t26-/m1/s1. The highest BCUT2D eigenvalue weighted by Gasteiger charge is 2.22. The van der Waals surface area contributed by atoms with Gasteiger partial charge in [0.05, 0.1) is 11.7 Å². The van der Waals surface area contributed by atoms with Crippen LogP contribution in [0.15, 0.2) is 72.9 Å². The molecule has 3 aromatic rings. The molecule has 1 aromatic heterocycles. The van der Waals surface area contributed by atoms with E-state index in [1.54, 1.807) is 12.1 Å². The first-order valence-electron chi connectivity index (χ1n) is 11.2. The van der Waals surface area contributed by atoms with E-state index in [1.165, 1.54) is 17.7 Å². The SMILES string of the molecule is Fc1ccc(OCCN2CCC(CN[C@H](c3ccc(Cl)cc3)c3ccccn3)CC2)cc1. The van der Waals surface area contributed by atoms with E-state index in [2.05, 4.69) is 33.4 Å². The molecular formula is C26H29ClFN3O. The van der Waals surface area contributed by atoms with Gasteiger partial charge in [0.15, 0.2) is 0 Å². The molecule has 1 N–H and O–H groups in total. The number of hydrogen-bond donors (Lipinski definition) is 1. The first-order chi connectivity index (χ1) is 15.7. The van der Waals surface area contributed by atoms with E-state index in [9.17, 15) is 4.39 Å². The second-order valence-corrected chi connectivity index (χ2v) is 8.67. The quantitative estimate of drug-likeness (QED) is 0.474. The van der Waals surface area contributed by atoms with Gasteiger partial charge in [0.25, 0.3) is 0 Å². The first-order valence-corrected chi connectivity index (χ1v) is 11.6. The van der Waals surface area contributed by atoms with Gasteiger partial charge in [-0.1, -0.05) is 29.8 Å². The smallest absolute Gasteiger partial charge is 0.123 e. The van der Waals surface area contributed by atoms with Crippen molar-refractivity contribution in [1.29, 1.82) is 0 Å². The summed E-state index contributed by atoms with van der Waals surface area (Å²) in [4.78, 5) is 7.02. The fourth-order valence-electron chi connectivity index (χ4n) is 4.12. The Hall–Kier alpha value is -2.47. The van der Waals surface area contributed by atoms with Gasteiger partial charge in [-0.2, -0.15) is 0 Å². The number of nitrogens with zero attached hydrogens (tertiary/aromatic N) is 2. The fraction of sp³-hybridized carbons (Fsp3) is 0.346. The molecule has 1 atom stereocenters. The summed E-state index contributed by atoms with van der Waals surface area (Å²) in [5.41, 5.74) is 2.19. The van der Waals surface area contributed by atoms with Crippen molar-refractivity contribution in [1.82, 2.24) is 15.2 Å². The van der Waals surface area contributed by atoms with Crippen LogP contribution >= 0.6 is 11.6 Å². The summed E-state index contributed by atoms with van der Waals surface area (Å²) >= 11 is 6.09. The number of halogens is 2. The maximum atomic E-state index is 13.0. The van der Waals surface area contributed by atoms with Gasteiger partial charge in [0.1, 0.15) is 18.2 Å². The topological polar surface area (TPSA) is 37.4 Å². The summed E-state index contributed by atoms with van der Waals surface area (Å²) in [6, 6.07) is 20.3. The van der Waals surface area contributed by atoms with Crippen molar-refractivity contribution in [3.8, 4) is 5.75 Å². The predicted octanol–water partition coefficient (Wildman–Crippen LogP) is 5.34. The Labute approximate surface area is 194 Å². The molecule has 1 aliphatic heterocycles. The molecule has 0 radical (unpaired) electrons. The molecule has 1 saturated heterocycles. The van der Waals surface area contributed by atoms with Crippen molar-refractivity contribution < 1.29 is 9.13 Å². The van der Waals surface area contributed by atoms with E-state index in [1.807, 2.05) is 30.5 Å². The van der Waals surface area contributed by atoms with Gasteiger partial charge in [0, 0.05) is 17.8 Å². The van der Waals surface area contributed by atoms with E-state index in [-0.39, 0.29) is 11.9 Å². The van der Waals surface area contributed by atoms with E-state index >= 15 is 0 Å². The van der Waals surface area contributed by atoms with Crippen molar-refractivity contribution in [3.05, 3.63) is 95.0 Å². The lowest BCUT2D eigenvalue weighted by Crippen LogP contribution is -2.40. The number of pyridine rings is 1. The summed E-state index contributed by atoms with van der Waals surface area (Å²) in [6.07, 6.45) is 4.14. The van der Waals surface area contributed by atoms with Crippen LogP contribution in [0.2, 0.25) is 5.02 Å². The molecule has 0 amide bonds. The molecule has 6 heteroatoms. The van der Waals surface area contributed by atoms with Crippen LogP contribution in [-0.4, -0.2) is 42.7 Å².